The number of hydrazine groups is 1. The van der Waals surface area contributed by atoms with Gasteiger partial charge in [0.05, 0.1) is 11.1 Å². The van der Waals surface area contributed by atoms with Gasteiger partial charge in [-0.05, 0) is 43.3 Å². The molecular formula is C24H21N3O6. The van der Waals surface area contributed by atoms with Crippen molar-refractivity contribution in [3.05, 3.63) is 88.9 Å². The molecule has 168 valence electrons. The van der Waals surface area contributed by atoms with E-state index in [1.54, 1.807) is 36.4 Å². The molecule has 2 heterocycles. The molecule has 0 atom stereocenters. The van der Waals surface area contributed by atoms with Crippen molar-refractivity contribution in [1.82, 2.24) is 15.8 Å². The Hall–Kier alpha value is -4.40. The number of rotatable bonds is 7. The maximum atomic E-state index is 12.5. The van der Waals surface area contributed by atoms with E-state index < -0.39 is 23.6 Å². The summed E-state index contributed by atoms with van der Waals surface area (Å²) in [4.78, 5) is 50.2. The van der Waals surface area contributed by atoms with Crippen molar-refractivity contribution in [3.63, 3.8) is 0 Å². The van der Waals surface area contributed by atoms with Crippen LogP contribution < -0.4 is 15.6 Å². The van der Waals surface area contributed by atoms with Gasteiger partial charge < -0.3 is 9.15 Å². The van der Waals surface area contributed by atoms with Gasteiger partial charge in [-0.2, -0.15) is 0 Å². The van der Waals surface area contributed by atoms with Crippen LogP contribution in [0.15, 0.2) is 65.1 Å². The van der Waals surface area contributed by atoms with Gasteiger partial charge in [0.15, 0.2) is 5.76 Å². The molecule has 4 rings (SSSR count). The highest BCUT2D eigenvalue weighted by atomic mass is 16.5. The number of fused-ring (bicyclic) bond motifs is 1. The topological polar surface area (TPSA) is 118 Å². The second-order valence-corrected chi connectivity index (χ2v) is 7.43. The van der Waals surface area contributed by atoms with Crippen LogP contribution >= 0.6 is 0 Å². The molecule has 0 bridgehead atoms. The standard InChI is InChI=1S/C24H21N3O6/c1-15-7-9-18-19(13-15)24(31)27(23(18)30)12-11-21(28)25-26-22(29)20-10-8-17(33-20)14-32-16-5-3-2-4-6-16/h2-10,13H,11-12,14H2,1H3,(H,25,28)(H,26,29). The fraction of sp³-hybridized carbons (Fsp3) is 0.167. The molecule has 1 aliphatic heterocycles. The van der Waals surface area contributed by atoms with Crippen molar-refractivity contribution >= 4 is 23.6 Å². The lowest BCUT2D eigenvalue weighted by Gasteiger charge is -2.13. The summed E-state index contributed by atoms with van der Waals surface area (Å²) in [5, 5.41) is 0. The number of furan rings is 1. The van der Waals surface area contributed by atoms with Gasteiger partial charge in [0.1, 0.15) is 18.1 Å². The number of hydrogen-bond donors (Lipinski definition) is 2. The Morgan fingerprint density at radius 2 is 1.70 bits per heavy atom. The van der Waals surface area contributed by atoms with E-state index in [0.29, 0.717) is 22.6 Å². The summed E-state index contributed by atoms with van der Waals surface area (Å²) < 4.78 is 11.0. The van der Waals surface area contributed by atoms with E-state index in [1.807, 2.05) is 25.1 Å². The van der Waals surface area contributed by atoms with Gasteiger partial charge in [0, 0.05) is 13.0 Å². The van der Waals surface area contributed by atoms with Crippen LogP contribution in [0.3, 0.4) is 0 Å². The molecule has 0 spiro atoms. The van der Waals surface area contributed by atoms with Crippen LogP contribution in [0.4, 0.5) is 0 Å². The Labute approximate surface area is 189 Å². The first kappa shape index (κ1) is 21.8. The van der Waals surface area contributed by atoms with Crippen molar-refractivity contribution in [2.45, 2.75) is 20.0 Å². The third-order valence-corrected chi connectivity index (χ3v) is 5.01. The van der Waals surface area contributed by atoms with Gasteiger partial charge in [-0.15, -0.1) is 0 Å². The number of nitrogens with zero attached hydrogens (tertiary/aromatic N) is 1. The molecular weight excluding hydrogens is 426 g/mol. The van der Waals surface area contributed by atoms with Gasteiger partial charge >= 0.3 is 5.91 Å². The number of nitrogens with one attached hydrogen (secondary N) is 2. The molecule has 9 heteroatoms. The Balaban J connectivity index is 1.23. The average molecular weight is 447 g/mol. The smallest absolute Gasteiger partial charge is 0.305 e. The maximum absolute atomic E-state index is 12.5. The zero-order valence-corrected chi connectivity index (χ0v) is 17.8. The number of imide groups is 1. The highest BCUT2D eigenvalue weighted by Crippen LogP contribution is 2.24. The van der Waals surface area contributed by atoms with Crippen molar-refractivity contribution < 1.29 is 28.3 Å². The van der Waals surface area contributed by atoms with Crippen molar-refractivity contribution in [2.24, 2.45) is 0 Å². The minimum absolute atomic E-state index is 0.00215. The molecule has 0 aliphatic carbocycles. The lowest BCUT2D eigenvalue weighted by molar-refractivity contribution is -0.121. The highest BCUT2D eigenvalue weighted by Gasteiger charge is 2.35. The molecule has 4 amide bonds. The molecule has 33 heavy (non-hydrogen) atoms. The van der Waals surface area contributed by atoms with E-state index >= 15 is 0 Å². The van der Waals surface area contributed by atoms with Gasteiger partial charge in [-0.3, -0.25) is 34.9 Å². The number of aryl methyl sites for hydroxylation is 1. The predicted octanol–water partition coefficient (Wildman–Crippen LogP) is 2.61. The van der Waals surface area contributed by atoms with E-state index in [2.05, 4.69) is 10.9 Å². The maximum Gasteiger partial charge on any atom is 0.305 e. The zero-order chi connectivity index (χ0) is 23.4. The normalized spacial score (nSPS) is 12.5. The molecule has 0 fully saturated rings. The van der Waals surface area contributed by atoms with Crippen molar-refractivity contribution in [3.8, 4) is 5.75 Å². The van der Waals surface area contributed by atoms with Gasteiger partial charge in [-0.1, -0.05) is 29.8 Å². The quantitative estimate of drug-likeness (QED) is 0.425. The summed E-state index contributed by atoms with van der Waals surface area (Å²) in [6.45, 7) is 1.87. The molecule has 0 saturated carbocycles. The fourth-order valence-electron chi connectivity index (χ4n) is 3.32. The summed E-state index contributed by atoms with van der Waals surface area (Å²) in [6, 6.07) is 17.2. The van der Waals surface area contributed by atoms with Crippen LogP contribution in [0.2, 0.25) is 0 Å². The van der Waals surface area contributed by atoms with Gasteiger partial charge in [0.2, 0.25) is 5.91 Å². The molecule has 2 N–H and O–H groups in total. The Bertz CT molecular complexity index is 1220. The molecule has 0 saturated heterocycles. The number of ether oxygens (including phenoxy) is 1. The lowest BCUT2D eigenvalue weighted by Crippen LogP contribution is -2.43. The molecule has 0 radical (unpaired) electrons. The molecule has 9 nitrogen and oxygen atoms in total. The van der Waals surface area contributed by atoms with Crippen LogP contribution in [-0.4, -0.2) is 35.1 Å². The summed E-state index contributed by atoms with van der Waals surface area (Å²) in [5.41, 5.74) is 6.02. The van der Waals surface area contributed by atoms with Crippen LogP contribution in [0, 0.1) is 6.92 Å². The fourth-order valence-corrected chi connectivity index (χ4v) is 3.32. The minimum atomic E-state index is -0.648. The van der Waals surface area contributed by atoms with E-state index in [1.165, 1.54) is 6.07 Å². The first-order chi connectivity index (χ1) is 15.9. The second-order valence-electron chi connectivity index (χ2n) is 7.43. The Morgan fingerprint density at radius 3 is 2.48 bits per heavy atom. The molecule has 2 aromatic carbocycles. The largest absolute Gasteiger partial charge is 0.486 e. The third kappa shape index (κ3) is 4.93. The van der Waals surface area contributed by atoms with Crippen LogP contribution in [-0.2, 0) is 11.4 Å². The van der Waals surface area contributed by atoms with Crippen LogP contribution in [0.25, 0.3) is 0 Å². The number of hydrogen-bond acceptors (Lipinski definition) is 6. The molecule has 0 unspecified atom stereocenters. The number of carbonyl (C=O) groups is 4. The number of carbonyl (C=O) groups excluding carboxylic acids is 4. The monoisotopic (exact) mass is 447 g/mol. The Morgan fingerprint density at radius 1 is 0.939 bits per heavy atom. The van der Waals surface area contributed by atoms with E-state index in [-0.39, 0.29) is 25.3 Å². The molecule has 1 aliphatic rings. The minimum Gasteiger partial charge on any atom is -0.486 e. The molecule has 1 aromatic heterocycles. The second kappa shape index (κ2) is 9.39. The SMILES string of the molecule is Cc1ccc2c(c1)C(=O)N(CCC(=O)NNC(=O)c1ccc(COc3ccccc3)o1)C2=O. The average Bonchev–Trinajstić information content (AvgIpc) is 3.39. The van der Waals surface area contributed by atoms with E-state index in [0.717, 1.165) is 10.5 Å². The summed E-state index contributed by atoms with van der Waals surface area (Å²) in [7, 11) is 0. The highest BCUT2D eigenvalue weighted by molar-refractivity contribution is 6.21. The summed E-state index contributed by atoms with van der Waals surface area (Å²) in [5.74, 6) is -0.973. The first-order valence-electron chi connectivity index (χ1n) is 10.2. The van der Waals surface area contributed by atoms with Gasteiger partial charge in [0.25, 0.3) is 11.8 Å². The lowest BCUT2D eigenvalue weighted by atomic mass is 10.1. The van der Waals surface area contributed by atoms with Crippen molar-refractivity contribution in [2.75, 3.05) is 6.54 Å². The van der Waals surface area contributed by atoms with Crippen molar-refractivity contribution in [1.29, 1.82) is 0 Å². The van der Waals surface area contributed by atoms with E-state index in [4.69, 9.17) is 9.15 Å². The number of benzene rings is 2. The summed E-state index contributed by atoms with van der Waals surface area (Å²) >= 11 is 0. The summed E-state index contributed by atoms with van der Waals surface area (Å²) in [6.07, 6.45) is -0.168. The zero-order valence-electron chi connectivity index (χ0n) is 17.8. The number of amides is 4. The third-order valence-electron chi connectivity index (χ3n) is 5.01. The first-order valence-corrected chi connectivity index (χ1v) is 10.2. The van der Waals surface area contributed by atoms with Crippen LogP contribution in [0.5, 0.6) is 5.75 Å². The molecule has 3 aromatic rings. The van der Waals surface area contributed by atoms with Gasteiger partial charge in [-0.25, -0.2) is 0 Å². The van der Waals surface area contributed by atoms with E-state index in [9.17, 15) is 19.2 Å². The number of para-hydroxylation sites is 1. The van der Waals surface area contributed by atoms with Crippen LogP contribution in [0.1, 0.15) is 49.0 Å². The predicted molar refractivity (Wildman–Crippen MR) is 116 cm³/mol. The Kier molecular flexibility index (Phi) is 6.21.